The summed E-state index contributed by atoms with van der Waals surface area (Å²) >= 11 is 0. The summed E-state index contributed by atoms with van der Waals surface area (Å²) in [5, 5.41) is 8.34. The minimum absolute atomic E-state index is 0.0142. The van der Waals surface area contributed by atoms with Gasteiger partial charge in [0.2, 0.25) is 5.43 Å². The summed E-state index contributed by atoms with van der Waals surface area (Å²) in [4.78, 5) is 11.7. The first-order valence-corrected chi connectivity index (χ1v) is 6.84. The van der Waals surface area contributed by atoms with Crippen molar-refractivity contribution in [3.8, 4) is 0 Å². The number of nitrogens with one attached hydrogen (secondary N) is 1. The topological polar surface area (TPSA) is 46.9 Å². The maximum absolute atomic E-state index is 11.7. The Morgan fingerprint density at radius 1 is 1.26 bits per heavy atom. The molecule has 0 aliphatic rings. The molecule has 0 bridgehead atoms. The van der Waals surface area contributed by atoms with Crippen LogP contribution >= 0.6 is 0 Å². The zero-order valence-electron chi connectivity index (χ0n) is 11.6. The molecule has 0 saturated heterocycles. The van der Waals surface area contributed by atoms with Crippen LogP contribution in [0.4, 0.5) is 0 Å². The molecule has 0 saturated carbocycles. The van der Waals surface area contributed by atoms with Gasteiger partial charge in [-0.2, -0.15) is 5.10 Å². The molecular weight excluding hydrogens is 238 g/mol. The normalized spacial score (nSPS) is 11.3. The number of hydrogen-bond donors (Lipinski definition) is 1. The third kappa shape index (κ3) is 3.64. The highest BCUT2D eigenvalue weighted by Crippen LogP contribution is 2.07. The minimum atomic E-state index is -0.0142. The van der Waals surface area contributed by atoms with E-state index in [1.54, 1.807) is 0 Å². The van der Waals surface area contributed by atoms with Crippen molar-refractivity contribution >= 4 is 10.9 Å². The first kappa shape index (κ1) is 13.7. The average molecular weight is 259 g/mol. The third-order valence-corrected chi connectivity index (χ3v) is 3.16. The van der Waals surface area contributed by atoms with Crippen LogP contribution in [0.3, 0.4) is 0 Å². The van der Waals surface area contributed by atoms with E-state index in [-0.39, 0.29) is 5.43 Å². The molecule has 0 aliphatic carbocycles. The number of rotatable bonds is 6. The van der Waals surface area contributed by atoms with E-state index < -0.39 is 0 Å². The van der Waals surface area contributed by atoms with Gasteiger partial charge in [0.05, 0.1) is 18.3 Å². The van der Waals surface area contributed by atoms with Crippen LogP contribution in [0, 0.1) is 5.92 Å². The van der Waals surface area contributed by atoms with Gasteiger partial charge >= 0.3 is 0 Å². The molecule has 0 fully saturated rings. The summed E-state index contributed by atoms with van der Waals surface area (Å²) < 4.78 is 1.89. The molecule has 4 nitrogen and oxygen atoms in total. The number of benzene rings is 1. The predicted molar refractivity (Wildman–Crippen MR) is 78.3 cm³/mol. The second-order valence-corrected chi connectivity index (χ2v) is 5.18. The molecule has 102 valence electrons. The van der Waals surface area contributed by atoms with Gasteiger partial charge in [0.15, 0.2) is 0 Å². The van der Waals surface area contributed by atoms with E-state index in [0.29, 0.717) is 0 Å². The zero-order chi connectivity index (χ0) is 13.7. The number of para-hydroxylation sites is 1. The standard InChI is InChI=1S/C15H21N3O/c1-12(2)7-8-16-9-10-18-14-6-4-3-5-13(14)15(19)11-17-18/h3-6,11-12,16H,7-10H2,1-2H3. The lowest BCUT2D eigenvalue weighted by atomic mass is 10.1. The molecule has 0 radical (unpaired) electrons. The lowest BCUT2D eigenvalue weighted by Crippen LogP contribution is -2.24. The molecule has 0 unspecified atom stereocenters. The first-order chi connectivity index (χ1) is 9.18. The quantitative estimate of drug-likeness (QED) is 0.807. The largest absolute Gasteiger partial charge is 0.315 e. The average Bonchev–Trinajstić information content (AvgIpc) is 2.41. The summed E-state index contributed by atoms with van der Waals surface area (Å²) in [5.41, 5.74) is 0.889. The van der Waals surface area contributed by atoms with Gasteiger partial charge in [-0.05, 0) is 31.0 Å². The van der Waals surface area contributed by atoms with Gasteiger partial charge in [0, 0.05) is 11.9 Å². The van der Waals surface area contributed by atoms with Crippen LogP contribution in [-0.4, -0.2) is 22.9 Å². The molecule has 0 aliphatic heterocycles. The van der Waals surface area contributed by atoms with Crippen molar-refractivity contribution in [2.24, 2.45) is 5.92 Å². The number of aromatic nitrogens is 2. The molecule has 19 heavy (non-hydrogen) atoms. The Balaban J connectivity index is 2.01. The van der Waals surface area contributed by atoms with Gasteiger partial charge in [0.1, 0.15) is 0 Å². The van der Waals surface area contributed by atoms with Crippen LogP contribution in [-0.2, 0) is 6.54 Å². The number of hydrogen-bond acceptors (Lipinski definition) is 3. The Labute approximate surface area is 113 Å². The van der Waals surface area contributed by atoms with E-state index in [4.69, 9.17) is 0 Å². The highest BCUT2D eigenvalue weighted by atomic mass is 16.1. The van der Waals surface area contributed by atoms with Crippen molar-refractivity contribution in [2.75, 3.05) is 13.1 Å². The molecule has 0 amide bonds. The summed E-state index contributed by atoms with van der Waals surface area (Å²) in [6.45, 7) is 7.11. The lowest BCUT2D eigenvalue weighted by Gasteiger charge is -2.10. The van der Waals surface area contributed by atoms with Crippen molar-refractivity contribution in [3.63, 3.8) is 0 Å². The number of fused-ring (bicyclic) bond motifs is 1. The van der Waals surface area contributed by atoms with Gasteiger partial charge in [-0.1, -0.05) is 26.0 Å². The van der Waals surface area contributed by atoms with E-state index in [0.717, 1.165) is 36.5 Å². The van der Waals surface area contributed by atoms with Crippen molar-refractivity contribution in [3.05, 3.63) is 40.7 Å². The highest BCUT2D eigenvalue weighted by molar-refractivity contribution is 5.77. The van der Waals surface area contributed by atoms with E-state index in [1.807, 2.05) is 28.9 Å². The smallest absolute Gasteiger partial charge is 0.207 e. The Hall–Kier alpha value is -1.68. The van der Waals surface area contributed by atoms with Gasteiger partial charge < -0.3 is 5.32 Å². The van der Waals surface area contributed by atoms with Gasteiger partial charge in [0.25, 0.3) is 0 Å². The molecule has 1 N–H and O–H groups in total. The van der Waals surface area contributed by atoms with Gasteiger partial charge in [-0.3, -0.25) is 9.48 Å². The Kier molecular flexibility index (Phi) is 4.68. The fourth-order valence-corrected chi connectivity index (χ4v) is 2.04. The minimum Gasteiger partial charge on any atom is -0.315 e. The van der Waals surface area contributed by atoms with E-state index >= 15 is 0 Å². The molecule has 1 aromatic carbocycles. The SMILES string of the molecule is CC(C)CCNCCn1ncc(=O)c2ccccc21. The lowest BCUT2D eigenvalue weighted by molar-refractivity contribution is 0.508. The second kappa shape index (κ2) is 6.48. The van der Waals surface area contributed by atoms with Crippen molar-refractivity contribution < 1.29 is 0 Å². The van der Waals surface area contributed by atoms with Crippen LogP contribution in [0.25, 0.3) is 10.9 Å². The maximum atomic E-state index is 11.7. The van der Waals surface area contributed by atoms with Crippen molar-refractivity contribution in [2.45, 2.75) is 26.8 Å². The van der Waals surface area contributed by atoms with E-state index in [1.165, 1.54) is 12.6 Å². The predicted octanol–water partition coefficient (Wildman–Crippen LogP) is 2.03. The molecule has 0 spiro atoms. The molecule has 2 rings (SSSR count). The molecule has 1 heterocycles. The maximum Gasteiger partial charge on any atom is 0.207 e. The monoisotopic (exact) mass is 259 g/mol. The Morgan fingerprint density at radius 2 is 2.05 bits per heavy atom. The molecular formula is C15H21N3O. The summed E-state index contributed by atoms with van der Waals surface area (Å²) in [7, 11) is 0. The van der Waals surface area contributed by atoms with Crippen LogP contribution in [0.5, 0.6) is 0 Å². The molecule has 0 atom stereocenters. The van der Waals surface area contributed by atoms with E-state index in [2.05, 4.69) is 24.3 Å². The molecule has 1 aromatic heterocycles. The summed E-state index contributed by atoms with van der Waals surface area (Å²) in [5.74, 6) is 0.721. The molecule has 4 heteroatoms. The Morgan fingerprint density at radius 3 is 2.84 bits per heavy atom. The van der Waals surface area contributed by atoms with Crippen LogP contribution in [0.15, 0.2) is 35.3 Å². The van der Waals surface area contributed by atoms with Crippen LogP contribution < -0.4 is 10.7 Å². The summed E-state index contributed by atoms with van der Waals surface area (Å²) in [6, 6.07) is 7.61. The fourth-order valence-electron chi connectivity index (χ4n) is 2.04. The Bertz CT molecular complexity index is 589. The van der Waals surface area contributed by atoms with Gasteiger partial charge in [-0.25, -0.2) is 0 Å². The number of nitrogens with zero attached hydrogens (tertiary/aromatic N) is 2. The molecule has 2 aromatic rings. The third-order valence-electron chi connectivity index (χ3n) is 3.16. The van der Waals surface area contributed by atoms with Crippen LogP contribution in [0.1, 0.15) is 20.3 Å². The summed E-state index contributed by atoms with van der Waals surface area (Å²) in [6.07, 6.45) is 2.58. The van der Waals surface area contributed by atoms with Crippen molar-refractivity contribution in [1.82, 2.24) is 15.1 Å². The second-order valence-electron chi connectivity index (χ2n) is 5.18. The van der Waals surface area contributed by atoms with Gasteiger partial charge in [-0.15, -0.1) is 0 Å². The zero-order valence-corrected chi connectivity index (χ0v) is 11.6. The first-order valence-electron chi connectivity index (χ1n) is 6.84. The highest BCUT2D eigenvalue weighted by Gasteiger charge is 2.02. The fraction of sp³-hybridized carbons (Fsp3) is 0.467. The van der Waals surface area contributed by atoms with E-state index in [9.17, 15) is 4.79 Å². The van der Waals surface area contributed by atoms with Crippen LogP contribution in [0.2, 0.25) is 0 Å². The van der Waals surface area contributed by atoms with Crippen molar-refractivity contribution in [1.29, 1.82) is 0 Å².